The van der Waals surface area contributed by atoms with E-state index in [1.54, 1.807) is 4.90 Å². The number of amides is 1. The second-order valence-electron chi connectivity index (χ2n) is 6.86. The van der Waals surface area contributed by atoms with E-state index in [-0.39, 0.29) is 16.9 Å². The first-order chi connectivity index (χ1) is 11.9. The summed E-state index contributed by atoms with van der Waals surface area (Å²) in [6.07, 6.45) is 4.39. The molecular formula is C19H18FNO3S. The van der Waals surface area contributed by atoms with Gasteiger partial charge in [-0.15, -0.1) is 3.89 Å². The number of hydrogen-bond donors (Lipinski definition) is 0. The van der Waals surface area contributed by atoms with Crippen molar-refractivity contribution in [1.82, 2.24) is 0 Å². The minimum Gasteiger partial charge on any atom is -0.307 e. The highest BCUT2D eigenvalue weighted by molar-refractivity contribution is 7.86. The van der Waals surface area contributed by atoms with Gasteiger partial charge in [0.1, 0.15) is 0 Å². The zero-order chi connectivity index (χ0) is 17.7. The fourth-order valence-corrected chi connectivity index (χ4v) is 4.74. The van der Waals surface area contributed by atoms with Crippen LogP contribution in [-0.4, -0.2) is 20.9 Å². The fourth-order valence-electron chi connectivity index (χ4n) is 4.23. The number of carbonyl (C=O) groups is 1. The molecule has 0 atom stereocenters. The molecule has 0 unspecified atom stereocenters. The monoisotopic (exact) mass is 359 g/mol. The standard InChI is InChI=1S/C19H18FNO3S/c20-25(23,24)15-7-5-6-14(12-15)18(22)21-13-19(10-3-4-11-19)16-8-1-2-9-17(16)21/h1-2,5-9,12H,3-4,10-11,13H2. The molecule has 0 saturated heterocycles. The number of benzene rings is 2. The van der Waals surface area contributed by atoms with Gasteiger partial charge in [0.25, 0.3) is 5.91 Å². The minimum absolute atomic E-state index is 0.00394. The molecule has 4 nitrogen and oxygen atoms in total. The zero-order valence-corrected chi connectivity index (χ0v) is 14.4. The molecule has 1 aliphatic carbocycles. The third-order valence-corrected chi connectivity index (χ3v) is 6.21. The minimum atomic E-state index is -4.84. The molecule has 2 aliphatic rings. The van der Waals surface area contributed by atoms with Crippen LogP contribution in [0.1, 0.15) is 41.6 Å². The van der Waals surface area contributed by atoms with Gasteiger partial charge < -0.3 is 4.90 Å². The van der Waals surface area contributed by atoms with E-state index in [0.717, 1.165) is 43.5 Å². The summed E-state index contributed by atoms with van der Waals surface area (Å²) in [4.78, 5) is 14.3. The summed E-state index contributed by atoms with van der Waals surface area (Å²) in [7, 11) is -4.84. The number of anilines is 1. The van der Waals surface area contributed by atoms with E-state index in [1.165, 1.54) is 17.7 Å². The number of fused-ring (bicyclic) bond motifs is 2. The average Bonchev–Trinajstić information content (AvgIpc) is 3.20. The van der Waals surface area contributed by atoms with Crippen LogP contribution in [0.2, 0.25) is 0 Å². The molecule has 6 heteroatoms. The molecule has 1 fully saturated rings. The van der Waals surface area contributed by atoms with E-state index >= 15 is 0 Å². The van der Waals surface area contributed by atoms with Crippen molar-refractivity contribution in [2.75, 3.05) is 11.4 Å². The molecule has 1 amide bonds. The van der Waals surface area contributed by atoms with Crippen molar-refractivity contribution in [1.29, 1.82) is 0 Å². The van der Waals surface area contributed by atoms with Crippen molar-refractivity contribution < 1.29 is 17.1 Å². The van der Waals surface area contributed by atoms with E-state index in [0.29, 0.717) is 6.54 Å². The molecule has 2 aromatic carbocycles. The van der Waals surface area contributed by atoms with Gasteiger partial charge in [0.15, 0.2) is 0 Å². The number of nitrogens with zero attached hydrogens (tertiary/aromatic N) is 1. The molecule has 0 bridgehead atoms. The number of halogens is 1. The molecular weight excluding hydrogens is 341 g/mol. The Balaban J connectivity index is 1.75. The molecule has 25 heavy (non-hydrogen) atoms. The number of hydrogen-bond acceptors (Lipinski definition) is 3. The predicted octanol–water partition coefficient (Wildman–Crippen LogP) is 3.82. The zero-order valence-electron chi connectivity index (χ0n) is 13.6. The molecule has 130 valence electrons. The van der Waals surface area contributed by atoms with Crippen molar-refractivity contribution in [3.05, 3.63) is 59.7 Å². The Hall–Kier alpha value is -2.21. The second kappa shape index (κ2) is 5.66. The van der Waals surface area contributed by atoms with Crippen LogP contribution in [0.25, 0.3) is 0 Å². The molecule has 2 aromatic rings. The summed E-state index contributed by atoms with van der Waals surface area (Å²) >= 11 is 0. The highest BCUT2D eigenvalue weighted by Crippen LogP contribution is 2.50. The van der Waals surface area contributed by atoms with Crippen LogP contribution < -0.4 is 4.90 Å². The average molecular weight is 359 g/mol. The van der Waals surface area contributed by atoms with Gasteiger partial charge in [0.05, 0.1) is 4.90 Å². The molecule has 0 radical (unpaired) electrons. The summed E-state index contributed by atoms with van der Waals surface area (Å²) in [5, 5.41) is 0. The lowest BCUT2D eigenvalue weighted by molar-refractivity contribution is 0.0984. The fraction of sp³-hybridized carbons (Fsp3) is 0.316. The van der Waals surface area contributed by atoms with E-state index in [9.17, 15) is 17.1 Å². The Morgan fingerprint density at radius 1 is 1.04 bits per heavy atom. The smallest absolute Gasteiger partial charge is 0.307 e. The van der Waals surface area contributed by atoms with Gasteiger partial charge in [-0.3, -0.25) is 4.79 Å². The summed E-state index contributed by atoms with van der Waals surface area (Å²) in [6, 6.07) is 13.1. The maximum Gasteiger partial charge on any atom is 0.332 e. The summed E-state index contributed by atoms with van der Waals surface area (Å²) < 4.78 is 35.5. The van der Waals surface area contributed by atoms with Crippen molar-refractivity contribution in [3.63, 3.8) is 0 Å². The van der Waals surface area contributed by atoms with Gasteiger partial charge in [0.2, 0.25) is 0 Å². The Kier molecular flexibility index (Phi) is 3.68. The second-order valence-corrected chi connectivity index (χ2v) is 8.21. The summed E-state index contributed by atoms with van der Waals surface area (Å²) in [5.74, 6) is -0.290. The lowest BCUT2D eigenvalue weighted by atomic mass is 9.81. The highest BCUT2D eigenvalue weighted by Gasteiger charge is 2.46. The van der Waals surface area contributed by atoms with Crippen molar-refractivity contribution in [3.8, 4) is 0 Å². The van der Waals surface area contributed by atoms with Crippen LogP contribution >= 0.6 is 0 Å². The Morgan fingerprint density at radius 2 is 1.76 bits per heavy atom. The van der Waals surface area contributed by atoms with E-state index in [1.807, 2.05) is 18.2 Å². The first-order valence-corrected chi connectivity index (χ1v) is 9.75. The quantitative estimate of drug-likeness (QED) is 0.766. The lowest BCUT2D eigenvalue weighted by Gasteiger charge is -2.24. The Morgan fingerprint density at radius 3 is 2.48 bits per heavy atom. The molecule has 0 aromatic heterocycles. The van der Waals surface area contributed by atoms with Crippen molar-refractivity contribution in [2.45, 2.75) is 36.0 Å². The van der Waals surface area contributed by atoms with Crippen LogP contribution in [0.3, 0.4) is 0 Å². The van der Waals surface area contributed by atoms with Gasteiger partial charge in [-0.05, 0) is 42.7 Å². The Labute approximate surface area is 146 Å². The maximum absolute atomic E-state index is 13.3. The number of rotatable bonds is 2. The highest BCUT2D eigenvalue weighted by atomic mass is 32.3. The molecule has 1 spiro atoms. The van der Waals surface area contributed by atoms with Crippen molar-refractivity contribution >= 4 is 21.8 Å². The van der Waals surface area contributed by atoms with Gasteiger partial charge in [0, 0.05) is 23.2 Å². The van der Waals surface area contributed by atoms with E-state index in [4.69, 9.17) is 0 Å². The topological polar surface area (TPSA) is 54.5 Å². The van der Waals surface area contributed by atoms with E-state index in [2.05, 4.69) is 6.07 Å². The molecule has 0 N–H and O–H groups in total. The number of para-hydroxylation sites is 1. The summed E-state index contributed by atoms with van der Waals surface area (Å²) in [6.45, 7) is 0.595. The van der Waals surface area contributed by atoms with Gasteiger partial charge >= 0.3 is 10.2 Å². The normalized spacial score (nSPS) is 18.5. The van der Waals surface area contributed by atoms with Crippen LogP contribution in [0.5, 0.6) is 0 Å². The van der Waals surface area contributed by atoms with Gasteiger partial charge in [-0.1, -0.05) is 37.1 Å². The first-order valence-electron chi connectivity index (χ1n) is 8.37. The first kappa shape index (κ1) is 16.3. The summed E-state index contributed by atoms with van der Waals surface area (Å²) in [5.41, 5.74) is 2.25. The molecule has 1 saturated carbocycles. The third-order valence-electron chi connectivity index (χ3n) is 5.40. The van der Waals surface area contributed by atoms with E-state index < -0.39 is 15.1 Å². The van der Waals surface area contributed by atoms with Gasteiger partial charge in [-0.25, -0.2) is 0 Å². The number of carbonyl (C=O) groups excluding carboxylic acids is 1. The van der Waals surface area contributed by atoms with Crippen LogP contribution in [0, 0.1) is 0 Å². The Bertz CT molecular complexity index is 949. The van der Waals surface area contributed by atoms with Crippen molar-refractivity contribution in [2.24, 2.45) is 0 Å². The molecule has 4 rings (SSSR count). The molecule has 1 heterocycles. The lowest BCUT2D eigenvalue weighted by Crippen LogP contribution is -2.35. The van der Waals surface area contributed by atoms with Crippen LogP contribution in [0.15, 0.2) is 53.4 Å². The molecule has 1 aliphatic heterocycles. The largest absolute Gasteiger partial charge is 0.332 e. The predicted molar refractivity (Wildman–Crippen MR) is 93.0 cm³/mol. The van der Waals surface area contributed by atoms with Crippen LogP contribution in [-0.2, 0) is 15.6 Å². The van der Waals surface area contributed by atoms with Crippen LogP contribution in [0.4, 0.5) is 9.57 Å². The maximum atomic E-state index is 13.3. The third kappa shape index (κ3) is 2.65. The SMILES string of the molecule is O=C(c1cccc(S(=O)(=O)F)c1)N1CC2(CCCC2)c2ccccc21. The van der Waals surface area contributed by atoms with Gasteiger partial charge in [-0.2, -0.15) is 8.42 Å².